The number of likely N-dealkylation sites (tertiary alicyclic amines) is 1. The van der Waals surface area contributed by atoms with Crippen LogP contribution < -0.4 is 11.5 Å². The number of carbonyl (C=O) groups excluding carboxylic acids is 1. The summed E-state index contributed by atoms with van der Waals surface area (Å²) >= 11 is 0. The third-order valence-electron chi connectivity index (χ3n) is 5.37. The molecule has 2 aliphatic heterocycles. The van der Waals surface area contributed by atoms with Crippen LogP contribution in [0.5, 0.6) is 0 Å². The van der Waals surface area contributed by atoms with Gasteiger partial charge in [0.15, 0.2) is 0 Å². The zero-order valence-corrected chi connectivity index (χ0v) is 20.0. The summed E-state index contributed by atoms with van der Waals surface area (Å²) in [5.41, 5.74) is 13.7. The van der Waals surface area contributed by atoms with Crippen molar-refractivity contribution in [1.82, 2.24) is 9.80 Å². The number of carbonyl (C=O) groups is 1. The molecular formula is C26H37FN4O2. The van der Waals surface area contributed by atoms with Crippen LogP contribution in [-0.2, 0) is 9.53 Å². The molecule has 0 spiro atoms. The third kappa shape index (κ3) is 7.70. The lowest BCUT2D eigenvalue weighted by Crippen LogP contribution is -2.45. The zero-order valence-electron chi connectivity index (χ0n) is 20.0. The van der Waals surface area contributed by atoms with Crippen LogP contribution in [0, 0.1) is 5.92 Å². The van der Waals surface area contributed by atoms with E-state index < -0.39 is 5.83 Å². The first-order chi connectivity index (χ1) is 15.6. The zero-order chi connectivity index (χ0) is 24.5. The van der Waals surface area contributed by atoms with Crippen LogP contribution in [0.15, 0.2) is 84.1 Å². The lowest BCUT2D eigenvalue weighted by Gasteiger charge is -2.36. The van der Waals surface area contributed by atoms with Crippen LogP contribution >= 0.6 is 0 Å². The van der Waals surface area contributed by atoms with E-state index in [9.17, 15) is 9.18 Å². The summed E-state index contributed by atoms with van der Waals surface area (Å²) in [5, 5.41) is 0. The fraction of sp³-hybridized carbons (Fsp3) is 0.423. The first-order valence-electron chi connectivity index (χ1n) is 11.3. The molecule has 0 radical (unpaired) electrons. The highest BCUT2D eigenvalue weighted by Crippen LogP contribution is 2.27. The van der Waals surface area contributed by atoms with Crippen molar-refractivity contribution in [1.29, 1.82) is 0 Å². The summed E-state index contributed by atoms with van der Waals surface area (Å²) in [6.07, 6.45) is 12.9. The highest BCUT2D eigenvalue weighted by Gasteiger charge is 2.30. The van der Waals surface area contributed by atoms with E-state index in [1.807, 2.05) is 18.7 Å². The molecule has 0 aliphatic carbocycles. The maximum Gasteiger partial charge on any atom is 0.257 e. The minimum Gasteiger partial charge on any atom is -0.493 e. The normalized spacial score (nSPS) is 20.3. The fourth-order valence-electron chi connectivity index (χ4n) is 3.61. The van der Waals surface area contributed by atoms with Gasteiger partial charge in [-0.15, -0.1) is 0 Å². The van der Waals surface area contributed by atoms with Crippen LogP contribution in [-0.4, -0.2) is 34.9 Å². The number of piperidine rings is 1. The summed E-state index contributed by atoms with van der Waals surface area (Å²) < 4.78 is 19.7. The molecule has 1 amide bonds. The molecule has 1 atom stereocenters. The number of hydrogen-bond acceptors (Lipinski definition) is 5. The number of rotatable bonds is 9. The molecule has 2 rings (SSSR count). The van der Waals surface area contributed by atoms with Crippen molar-refractivity contribution in [3.05, 3.63) is 84.1 Å². The topological polar surface area (TPSA) is 84.8 Å². The quantitative estimate of drug-likeness (QED) is 0.298. The summed E-state index contributed by atoms with van der Waals surface area (Å²) in [4.78, 5) is 16.8. The summed E-state index contributed by atoms with van der Waals surface area (Å²) in [5.74, 6) is 0.130. The molecule has 0 saturated carbocycles. The first kappa shape index (κ1) is 26.0. The largest absolute Gasteiger partial charge is 0.493 e. The van der Waals surface area contributed by atoms with Crippen molar-refractivity contribution in [2.45, 2.75) is 52.5 Å². The van der Waals surface area contributed by atoms with E-state index in [2.05, 4.69) is 13.2 Å². The number of amides is 1. The standard InChI is InChI=1S/C26H37FN4O2/c1-18(2)17-33-25(12-11-19(3)28)20(4)26(32)31-14-7-6-9-23(31)15-22(29)16-30-13-8-10-24(27)21(30)5/h8,10-13,16,18,23H,4-7,9,14-15,17,28-29H2,1-3H3/b19-11-,22-16-,25-12+/t23-/m0/s1. The number of nitrogens with zero attached hydrogens (tertiary/aromatic N) is 2. The smallest absolute Gasteiger partial charge is 0.257 e. The molecule has 6 nitrogen and oxygen atoms in total. The van der Waals surface area contributed by atoms with Crippen molar-refractivity contribution in [3.63, 3.8) is 0 Å². The molecule has 180 valence electrons. The van der Waals surface area contributed by atoms with Gasteiger partial charge < -0.3 is 26.0 Å². The van der Waals surface area contributed by atoms with Crippen LogP contribution in [0.1, 0.15) is 46.5 Å². The molecule has 2 aliphatic rings. The van der Waals surface area contributed by atoms with E-state index >= 15 is 0 Å². The number of allylic oxidation sites excluding steroid dienone is 6. The van der Waals surface area contributed by atoms with Gasteiger partial charge in [0.1, 0.15) is 11.6 Å². The maximum absolute atomic E-state index is 13.8. The molecule has 2 heterocycles. The second kappa shape index (κ2) is 12.1. The van der Waals surface area contributed by atoms with Gasteiger partial charge in [-0.05, 0) is 56.4 Å². The summed E-state index contributed by atoms with van der Waals surface area (Å²) in [6.45, 7) is 14.7. The van der Waals surface area contributed by atoms with Crippen LogP contribution in [0.2, 0.25) is 0 Å². The van der Waals surface area contributed by atoms with Crippen LogP contribution in [0.3, 0.4) is 0 Å². The molecule has 0 aromatic carbocycles. The highest BCUT2D eigenvalue weighted by atomic mass is 19.1. The van der Waals surface area contributed by atoms with E-state index in [1.165, 1.54) is 6.08 Å². The third-order valence-corrected chi connectivity index (χ3v) is 5.37. The summed E-state index contributed by atoms with van der Waals surface area (Å²) in [6, 6.07) is -0.0835. The first-order valence-corrected chi connectivity index (χ1v) is 11.3. The van der Waals surface area contributed by atoms with E-state index in [1.54, 1.807) is 42.5 Å². The van der Waals surface area contributed by atoms with Gasteiger partial charge in [-0.1, -0.05) is 27.0 Å². The molecule has 1 saturated heterocycles. The molecule has 0 aromatic heterocycles. The van der Waals surface area contributed by atoms with Gasteiger partial charge in [-0.25, -0.2) is 4.39 Å². The van der Waals surface area contributed by atoms with Gasteiger partial charge in [-0.3, -0.25) is 4.79 Å². The Bertz CT molecular complexity index is 907. The Hall–Kier alpha value is -3.22. The molecular weight excluding hydrogens is 419 g/mol. The van der Waals surface area contributed by atoms with Crippen molar-refractivity contribution >= 4 is 5.91 Å². The number of nitrogens with two attached hydrogens (primary N) is 2. The SMILES string of the molecule is C=C(C(=O)N1CCCC[C@H]1C/C(N)=C/N1C=CC=C(F)C1=C)/C(=C\C=C(\C)N)OCC(C)C. The van der Waals surface area contributed by atoms with Gasteiger partial charge >= 0.3 is 0 Å². The Kier molecular flexibility index (Phi) is 9.57. The van der Waals surface area contributed by atoms with Gasteiger partial charge in [0, 0.05) is 42.8 Å². The van der Waals surface area contributed by atoms with Gasteiger partial charge in [0.05, 0.1) is 17.9 Å². The molecule has 4 N–H and O–H groups in total. The highest BCUT2D eigenvalue weighted by molar-refractivity contribution is 5.97. The predicted molar refractivity (Wildman–Crippen MR) is 132 cm³/mol. The van der Waals surface area contributed by atoms with E-state index in [0.717, 1.165) is 19.3 Å². The van der Waals surface area contributed by atoms with Crippen molar-refractivity contribution in [2.75, 3.05) is 13.2 Å². The average Bonchev–Trinajstić information content (AvgIpc) is 2.76. The number of hydrogen-bond donors (Lipinski definition) is 2. The molecule has 0 bridgehead atoms. The van der Waals surface area contributed by atoms with E-state index in [-0.39, 0.29) is 17.6 Å². The fourth-order valence-corrected chi connectivity index (χ4v) is 3.61. The van der Waals surface area contributed by atoms with Gasteiger partial charge in [0.2, 0.25) is 0 Å². The van der Waals surface area contributed by atoms with Crippen molar-refractivity contribution in [2.24, 2.45) is 17.4 Å². The predicted octanol–water partition coefficient (Wildman–Crippen LogP) is 4.73. The van der Waals surface area contributed by atoms with Crippen LogP contribution in [0.4, 0.5) is 4.39 Å². The van der Waals surface area contributed by atoms with E-state index in [0.29, 0.717) is 48.2 Å². The maximum atomic E-state index is 13.8. The Morgan fingerprint density at radius 1 is 1.33 bits per heavy atom. The minimum absolute atomic E-state index is 0.0835. The number of halogens is 1. The van der Waals surface area contributed by atoms with Crippen molar-refractivity contribution < 1.29 is 13.9 Å². The molecule has 33 heavy (non-hydrogen) atoms. The Balaban J connectivity index is 2.16. The second-order valence-electron chi connectivity index (χ2n) is 8.89. The Morgan fingerprint density at radius 2 is 2.06 bits per heavy atom. The lowest BCUT2D eigenvalue weighted by atomic mass is 9.96. The van der Waals surface area contributed by atoms with Crippen molar-refractivity contribution in [3.8, 4) is 0 Å². The monoisotopic (exact) mass is 456 g/mol. The molecule has 0 unspecified atom stereocenters. The Labute approximate surface area is 197 Å². The lowest BCUT2D eigenvalue weighted by molar-refractivity contribution is -0.130. The second-order valence-corrected chi connectivity index (χ2v) is 8.89. The average molecular weight is 457 g/mol. The molecule has 0 aromatic rings. The summed E-state index contributed by atoms with van der Waals surface area (Å²) in [7, 11) is 0. The Morgan fingerprint density at radius 3 is 2.73 bits per heavy atom. The molecule has 7 heteroatoms. The van der Waals surface area contributed by atoms with Crippen LogP contribution in [0.25, 0.3) is 0 Å². The van der Waals surface area contributed by atoms with Gasteiger partial charge in [-0.2, -0.15) is 0 Å². The van der Waals surface area contributed by atoms with E-state index in [4.69, 9.17) is 16.2 Å². The number of ether oxygens (including phenoxy) is 1. The van der Waals surface area contributed by atoms with Gasteiger partial charge in [0.25, 0.3) is 5.91 Å². The minimum atomic E-state index is -0.408. The molecule has 1 fully saturated rings.